The van der Waals surface area contributed by atoms with E-state index in [4.69, 9.17) is 4.74 Å². The summed E-state index contributed by atoms with van der Waals surface area (Å²) in [5, 5.41) is 5.94. The van der Waals surface area contributed by atoms with E-state index in [0.29, 0.717) is 13.0 Å². The Bertz CT molecular complexity index is 385. The topological polar surface area (TPSA) is 50.4 Å². The van der Waals surface area contributed by atoms with Gasteiger partial charge in [0.05, 0.1) is 7.11 Å². The van der Waals surface area contributed by atoms with E-state index >= 15 is 0 Å². The summed E-state index contributed by atoms with van der Waals surface area (Å²) in [4.78, 5) is 11.5. The monoisotopic (exact) mass is 286 g/mol. The number of hydrogen-bond donors (Lipinski definition) is 2. The zero-order valence-corrected chi connectivity index (χ0v) is 12.5. The van der Waals surface area contributed by atoms with E-state index in [1.165, 1.54) is 0 Å². The molecule has 0 bridgehead atoms. The first kappa shape index (κ1) is 17.7. The van der Waals surface area contributed by atoms with Crippen LogP contribution in [0.1, 0.15) is 18.9 Å². The highest BCUT2D eigenvalue weighted by molar-refractivity contribution is 5.85. The van der Waals surface area contributed by atoms with Gasteiger partial charge < -0.3 is 15.4 Å². The maximum absolute atomic E-state index is 11.5. The molecule has 108 valence electrons. The number of hydrogen-bond acceptors (Lipinski definition) is 3. The fraction of sp³-hybridized carbons (Fsp3) is 0.500. The highest BCUT2D eigenvalue weighted by Crippen LogP contribution is 2.13. The van der Waals surface area contributed by atoms with Crippen LogP contribution in [-0.2, 0) is 11.2 Å². The molecule has 1 aromatic rings. The summed E-state index contributed by atoms with van der Waals surface area (Å²) in [5.74, 6) is 0.931. The number of halogens is 1. The van der Waals surface area contributed by atoms with Crippen molar-refractivity contribution in [1.29, 1.82) is 0 Å². The molecule has 4 nitrogen and oxygen atoms in total. The van der Waals surface area contributed by atoms with Gasteiger partial charge in [0.1, 0.15) is 5.75 Å². The molecule has 1 atom stereocenters. The number of amides is 1. The lowest BCUT2D eigenvalue weighted by molar-refractivity contribution is -0.121. The van der Waals surface area contributed by atoms with Crippen LogP contribution in [0.3, 0.4) is 0 Å². The van der Waals surface area contributed by atoms with Crippen molar-refractivity contribution in [2.75, 3.05) is 20.7 Å². The first-order valence-corrected chi connectivity index (χ1v) is 6.22. The van der Waals surface area contributed by atoms with Crippen LogP contribution in [0.25, 0.3) is 0 Å². The minimum atomic E-state index is 0. The van der Waals surface area contributed by atoms with E-state index in [1.807, 2.05) is 38.2 Å². The highest BCUT2D eigenvalue weighted by Gasteiger charge is 2.08. The fourth-order valence-electron chi connectivity index (χ4n) is 1.79. The third-order valence-corrected chi connectivity index (χ3v) is 2.69. The molecule has 19 heavy (non-hydrogen) atoms. The molecule has 0 aromatic heterocycles. The van der Waals surface area contributed by atoms with E-state index in [9.17, 15) is 4.79 Å². The van der Waals surface area contributed by atoms with Gasteiger partial charge in [0, 0.05) is 19.0 Å². The summed E-state index contributed by atoms with van der Waals surface area (Å²) in [6.45, 7) is 2.72. The molecule has 0 saturated carbocycles. The summed E-state index contributed by atoms with van der Waals surface area (Å²) < 4.78 is 5.18. The Morgan fingerprint density at radius 2 is 2.16 bits per heavy atom. The average Bonchev–Trinajstić information content (AvgIpc) is 2.36. The van der Waals surface area contributed by atoms with Gasteiger partial charge in [-0.2, -0.15) is 0 Å². The zero-order chi connectivity index (χ0) is 13.4. The minimum Gasteiger partial charge on any atom is -0.497 e. The van der Waals surface area contributed by atoms with Crippen LogP contribution in [0.2, 0.25) is 0 Å². The van der Waals surface area contributed by atoms with E-state index < -0.39 is 0 Å². The Morgan fingerprint density at radius 1 is 1.42 bits per heavy atom. The summed E-state index contributed by atoms with van der Waals surface area (Å²) in [5.41, 5.74) is 1.16. The van der Waals surface area contributed by atoms with E-state index in [1.54, 1.807) is 7.11 Å². The molecular formula is C14H23ClN2O2. The van der Waals surface area contributed by atoms with Crippen molar-refractivity contribution in [2.24, 2.45) is 0 Å². The van der Waals surface area contributed by atoms with Crippen molar-refractivity contribution in [2.45, 2.75) is 25.8 Å². The largest absolute Gasteiger partial charge is 0.497 e. The third-order valence-electron chi connectivity index (χ3n) is 2.69. The third kappa shape index (κ3) is 7.03. The van der Waals surface area contributed by atoms with Gasteiger partial charge >= 0.3 is 0 Å². The molecule has 5 heteroatoms. The number of ether oxygens (including phenoxy) is 1. The second-order valence-corrected chi connectivity index (χ2v) is 4.38. The molecular weight excluding hydrogens is 264 g/mol. The molecule has 0 spiro atoms. The lowest BCUT2D eigenvalue weighted by Crippen LogP contribution is -2.35. The molecule has 0 heterocycles. The standard InChI is InChI=1S/C14H22N2O2.ClH/c1-11(16-14(17)7-8-15-2)9-12-5-4-6-13(10-12)18-3;/h4-6,10-11,15H,7-9H2,1-3H3,(H,16,17);1H. The van der Waals surface area contributed by atoms with Crippen molar-refractivity contribution >= 4 is 18.3 Å². The average molecular weight is 287 g/mol. The lowest BCUT2D eigenvalue weighted by Gasteiger charge is -2.14. The van der Waals surface area contributed by atoms with Gasteiger partial charge in [-0.15, -0.1) is 12.4 Å². The highest BCUT2D eigenvalue weighted by atomic mass is 35.5. The Hall–Kier alpha value is -1.26. The SMILES string of the molecule is CNCCC(=O)NC(C)Cc1cccc(OC)c1.Cl. The molecule has 1 unspecified atom stereocenters. The molecule has 0 fully saturated rings. The van der Waals surface area contributed by atoms with Crippen LogP contribution in [0.15, 0.2) is 24.3 Å². The molecule has 0 saturated heterocycles. The number of rotatable bonds is 7. The maximum Gasteiger partial charge on any atom is 0.221 e. The van der Waals surface area contributed by atoms with Crippen LogP contribution < -0.4 is 15.4 Å². The Balaban J connectivity index is 0.00000324. The van der Waals surface area contributed by atoms with Crippen molar-refractivity contribution in [3.05, 3.63) is 29.8 Å². The molecule has 1 aromatic carbocycles. The number of benzene rings is 1. The molecule has 1 rings (SSSR count). The normalized spacial score (nSPS) is 11.3. The van der Waals surface area contributed by atoms with Crippen molar-refractivity contribution < 1.29 is 9.53 Å². The first-order chi connectivity index (χ1) is 8.65. The van der Waals surface area contributed by atoms with E-state index in [-0.39, 0.29) is 24.4 Å². The minimum absolute atomic E-state index is 0. The predicted molar refractivity (Wildman–Crippen MR) is 80.1 cm³/mol. The van der Waals surface area contributed by atoms with Gasteiger partial charge in [0.2, 0.25) is 5.91 Å². The van der Waals surface area contributed by atoms with E-state index in [2.05, 4.69) is 10.6 Å². The van der Waals surface area contributed by atoms with Gasteiger partial charge in [-0.25, -0.2) is 0 Å². The zero-order valence-electron chi connectivity index (χ0n) is 11.7. The number of nitrogens with one attached hydrogen (secondary N) is 2. The van der Waals surface area contributed by atoms with Crippen molar-refractivity contribution in [1.82, 2.24) is 10.6 Å². The van der Waals surface area contributed by atoms with E-state index in [0.717, 1.165) is 17.7 Å². The fourth-order valence-corrected chi connectivity index (χ4v) is 1.79. The Kier molecular flexibility index (Phi) is 9.00. The van der Waals surface area contributed by atoms with Crippen LogP contribution in [0.4, 0.5) is 0 Å². The predicted octanol–water partition coefficient (Wildman–Crippen LogP) is 1.77. The van der Waals surface area contributed by atoms with Gasteiger partial charge in [0.25, 0.3) is 0 Å². The second kappa shape index (κ2) is 9.64. The molecule has 0 aliphatic rings. The van der Waals surface area contributed by atoms with Crippen LogP contribution in [0, 0.1) is 0 Å². The van der Waals surface area contributed by atoms with Gasteiger partial charge in [-0.3, -0.25) is 4.79 Å². The molecule has 0 aliphatic carbocycles. The number of carbonyl (C=O) groups excluding carboxylic acids is 1. The van der Waals surface area contributed by atoms with Crippen molar-refractivity contribution in [3.8, 4) is 5.75 Å². The summed E-state index contributed by atoms with van der Waals surface area (Å²) in [6.07, 6.45) is 1.32. The quantitative estimate of drug-likeness (QED) is 0.803. The number of methoxy groups -OCH3 is 1. The molecule has 1 amide bonds. The van der Waals surface area contributed by atoms with Crippen LogP contribution >= 0.6 is 12.4 Å². The summed E-state index contributed by atoms with van der Waals surface area (Å²) >= 11 is 0. The second-order valence-electron chi connectivity index (χ2n) is 4.38. The first-order valence-electron chi connectivity index (χ1n) is 6.22. The van der Waals surface area contributed by atoms with Gasteiger partial charge in [-0.05, 0) is 38.1 Å². The molecule has 2 N–H and O–H groups in total. The van der Waals surface area contributed by atoms with Gasteiger partial charge in [-0.1, -0.05) is 12.1 Å². The van der Waals surface area contributed by atoms with Gasteiger partial charge in [0.15, 0.2) is 0 Å². The van der Waals surface area contributed by atoms with Crippen LogP contribution in [0.5, 0.6) is 5.75 Å². The van der Waals surface area contributed by atoms with Crippen molar-refractivity contribution in [3.63, 3.8) is 0 Å². The van der Waals surface area contributed by atoms with Crippen LogP contribution in [-0.4, -0.2) is 32.7 Å². The smallest absolute Gasteiger partial charge is 0.221 e. The Labute approximate surface area is 121 Å². The summed E-state index contributed by atoms with van der Waals surface area (Å²) in [7, 11) is 3.50. The Morgan fingerprint density at radius 3 is 2.79 bits per heavy atom. The summed E-state index contributed by atoms with van der Waals surface area (Å²) in [6, 6.07) is 8.04. The molecule has 0 aliphatic heterocycles. The number of carbonyl (C=O) groups is 1. The lowest BCUT2D eigenvalue weighted by atomic mass is 10.1. The molecule has 0 radical (unpaired) electrons. The maximum atomic E-state index is 11.5.